The first-order valence-electron chi connectivity index (χ1n) is 12.3. The van der Waals surface area contributed by atoms with Gasteiger partial charge >= 0.3 is 0 Å². The van der Waals surface area contributed by atoms with Crippen molar-refractivity contribution in [1.29, 1.82) is 0 Å². The van der Waals surface area contributed by atoms with Gasteiger partial charge in [-0.1, -0.05) is 61.9 Å². The maximum Gasteiger partial charge on any atom is 0.240 e. The second kappa shape index (κ2) is 12.5. The first-order valence-corrected chi connectivity index (χ1v) is 13.8. The van der Waals surface area contributed by atoms with Gasteiger partial charge in [0.25, 0.3) is 0 Å². The second-order valence-corrected chi connectivity index (χ2v) is 11.0. The second-order valence-electron chi connectivity index (χ2n) is 9.32. The summed E-state index contributed by atoms with van der Waals surface area (Å²) >= 11 is 0. The molecule has 1 N–H and O–H groups in total. The van der Waals surface area contributed by atoms with E-state index >= 15 is 0 Å². The van der Waals surface area contributed by atoms with E-state index in [9.17, 15) is 8.42 Å². The van der Waals surface area contributed by atoms with Gasteiger partial charge in [-0.2, -0.15) is 5.10 Å². The zero-order valence-corrected chi connectivity index (χ0v) is 21.7. The molecule has 0 bridgehead atoms. The number of benzene rings is 2. The van der Waals surface area contributed by atoms with Crippen LogP contribution >= 0.6 is 0 Å². The fraction of sp³-hybridized carbons (Fsp3) is 0.519. The fourth-order valence-electron chi connectivity index (χ4n) is 4.64. The third kappa shape index (κ3) is 7.39. The lowest BCUT2D eigenvalue weighted by Crippen LogP contribution is -2.39. The van der Waals surface area contributed by atoms with Crippen molar-refractivity contribution in [3.63, 3.8) is 0 Å². The largest absolute Gasteiger partial charge is 0.382 e. The number of methoxy groups -OCH3 is 1. The molecule has 186 valence electrons. The highest BCUT2D eigenvalue weighted by Gasteiger charge is 2.26. The van der Waals surface area contributed by atoms with Gasteiger partial charge in [-0.25, -0.2) is 13.1 Å². The van der Waals surface area contributed by atoms with Crippen molar-refractivity contribution in [3.8, 4) is 0 Å². The molecule has 1 aliphatic heterocycles. The Morgan fingerprint density at radius 3 is 2.53 bits per heavy atom. The number of aryl methyl sites for hydroxylation is 1. The van der Waals surface area contributed by atoms with Gasteiger partial charge < -0.3 is 4.74 Å². The Kier molecular flexibility index (Phi) is 9.68. The Bertz CT molecular complexity index is 1020. The third-order valence-corrected chi connectivity index (χ3v) is 8.05. The lowest BCUT2D eigenvalue weighted by atomic mass is 9.92. The van der Waals surface area contributed by atoms with Crippen molar-refractivity contribution < 1.29 is 13.2 Å². The van der Waals surface area contributed by atoms with Crippen LogP contribution in [0.2, 0.25) is 0 Å². The Balaban J connectivity index is 1.79. The lowest BCUT2D eigenvalue weighted by molar-refractivity contribution is 0.117. The molecule has 7 heteroatoms. The Labute approximate surface area is 205 Å². The lowest BCUT2D eigenvalue weighted by Gasteiger charge is -2.26. The van der Waals surface area contributed by atoms with Gasteiger partial charge in [0.1, 0.15) is 0 Å². The van der Waals surface area contributed by atoms with Crippen LogP contribution in [0, 0.1) is 12.8 Å². The molecule has 6 nitrogen and oxygen atoms in total. The zero-order valence-electron chi connectivity index (χ0n) is 20.9. The van der Waals surface area contributed by atoms with Crippen molar-refractivity contribution in [2.75, 3.05) is 20.3 Å². The Hall–Kier alpha value is -2.22. The van der Waals surface area contributed by atoms with Crippen molar-refractivity contribution in [2.24, 2.45) is 11.0 Å². The number of rotatable bonds is 12. The minimum absolute atomic E-state index is 0.142. The number of nitrogens with one attached hydrogen (secondary N) is 1. The van der Waals surface area contributed by atoms with Crippen LogP contribution in [0.1, 0.15) is 50.7 Å². The van der Waals surface area contributed by atoms with E-state index < -0.39 is 10.0 Å². The van der Waals surface area contributed by atoms with Gasteiger partial charge in [0.2, 0.25) is 10.0 Å². The molecule has 0 saturated carbocycles. The van der Waals surface area contributed by atoms with Crippen molar-refractivity contribution in [1.82, 2.24) is 9.73 Å². The first-order chi connectivity index (χ1) is 16.3. The number of hydrogen-bond donors (Lipinski definition) is 1. The number of sulfonamides is 1. The van der Waals surface area contributed by atoms with E-state index in [0.29, 0.717) is 30.4 Å². The number of ether oxygens (including phenoxy) is 1. The van der Waals surface area contributed by atoms with E-state index in [1.165, 1.54) is 0 Å². The summed E-state index contributed by atoms with van der Waals surface area (Å²) < 4.78 is 34.8. The third-order valence-electron chi connectivity index (χ3n) is 6.51. The van der Waals surface area contributed by atoms with E-state index in [4.69, 9.17) is 9.84 Å². The van der Waals surface area contributed by atoms with Crippen LogP contribution in [0.25, 0.3) is 0 Å². The van der Waals surface area contributed by atoms with Gasteiger partial charge in [0.05, 0.1) is 17.5 Å². The topological polar surface area (TPSA) is 71.0 Å². The highest BCUT2D eigenvalue weighted by molar-refractivity contribution is 7.89. The zero-order chi connectivity index (χ0) is 24.6. The maximum absolute atomic E-state index is 13.2. The maximum atomic E-state index is 13.2. The molecule has 0 radical (unpaired) electrons. The Morgan fingerprint density at radius 1 is 1.18 bits per heavy atom. The van der Waals surface area contributed by atoms with Crippen LogP contribution in [0.3, 0.4) is 0 Å². The Morgan fingerprint density at radius 2 is 1.88 bits per heavy atom. The molecular weight excluding hydrogens is 446 g/mol. The molecule has 1 heterocycles. The highest BCUT2D eigenvalue weighted by Crippen LogP contribution is 2.22. The molecule has 0 aliphatic carbocycles. The predicted molar refractivity (Wildman–Crippen MR) is 139 cm³/mol. The predicted octanol–water partition coefficient (Wildman–Crippen LogP) is 4.79. The molecule has 1 aliphatic rings. The first kappa shape index (κ1) is 26.4. The van der Waals surface area contributed by atoms with Crippen molar-refractivity contribution in [3.05, 3.63) is 65.7 Å². The molecule has 2 aromatic carbocycles. The van der Waals surface area contributed by atoms with Crippen LogP contribution in [-0.2, 0) is 21.2 Å². The van der Waals surface area contributed by atoms with Crippen LogP contribution < -0.4 is 4.72 Å². The highest BCUT2D eigenvalue weighted by atomic mass is 32.2. The average molecular weight is 486 g/mol. The summed E-state index contributed by atoms with van der Waals surface area (Å²) in [5, 5.41) is 7.18. The summed E-state index contributed by atoms with van der Waals surface area (Å²) in [7, 11) is -1.90. The number of hydrazone groups is 1. The van der Waals surface area contributed by atoms with Crippen LogP contribution in [-0.4, -0.2) is 51.5 Å². The molecular formula is C27H39N3O3S. The summed E-state index contributed by atoms with van der Waals surface area (Å²) in [4.78, 5) is 0.299. The fourth-order valence-corrected chi connectivity index (χ4v) is 5.88. The minimum Gasteiger partial charge on any atom is -0.382 e. The molecule has 0 unspecified atom stereocenters. The van der Waals surface area contributed by atoms with Gasteiger partial charge in [-0.3, -0.25) is 5.01 Å². The smallest absolute Gasteiger partial charge is 0.240 e. The molecule has 34 heavy (non-hydrogen) atoms. The summed E-state index contributed by atoms with van der Waals surface area (Å²) in [6, 6.07) is 17.1. The van der Waals surface area contributed by atoms with Gasteiger partial charge in [0.15, 0.2) is 0 Å². The van der Waals surface area contributed by atoms with Crippen LogP contribution in [0.5, 0.6) is 0 Å². The van der Waals surface area contributed by atoms with Crippen LogP contribution in [0.4, 0.5) is 0 Å². The van der Waals surface area contributed by atoms with Crippen molar-refractivity contribution >= 4 is 15.7 Å². The molecule has 0 spiro atoms. The molecule has 0 aromatic heterocycles. The van der Waals surface area contributed by atoms with Gasteiger partial charge in [-0.05, 0) is 62.6 Å². The molecule has 1 fully saturated rings. The average Bonchev–Trinajstić information content (AvgIpc) is 3.25. The quantitative estimate of drug-likeness (QED) is 0.439. The summed E-state index contributed by atoms with van der Waals surface area (Å²) in [5.41, 5.74) is 3.25. The minimum atomic E-state index is -3.63. The van der Waals surface area contributed by atoms with E-state index in [1.54, 1.807) is 19.2 Å². The monoisotopic (exact) mass is 485 g/mol. The van der Waals surface area contributed by atoms with Gasteiger partial charge in [0, 0.05) is 25.4 Å². The van der Waals surface area contributed by atoms with Crippen LogP contribution in [0.15, 0.2) is 64.6 Å². The van der Waals surface area contributed by atoms with E-state index in [2.05, 4.69) is 23.6 Å². The molecule has 0 amide bonds. The summed E-state index contributed by atoms with van der Waals surface area (Å²) in [6.07, 6.45) is 4.35. The van der Waals surface area contributed by atoms with Gasteiger partial charge in [-0.15, -0.1) is 0 Å². The summed E-state index contributed by atoms with van der Waals surface area (Å²) in [6.45, 7) is 7.85. The molecule has 1 saturated heterocycles. The summed E-state index contributed by atoms with van der Waals surface area (Å²) in [5.74, 6) is 0.142. The standard InChI is InChI=1S/C27H39N3O3S/c1-5-27(28-30-17-9-12-25(30)20-33-4)22(3)18-24(19-23-10-7-6-8-11-23)29-34(31,32)26-15-13-21(2)14-16-26/h6-8,10-11,13-16,22,24-25,29H,5,9,12,17-20H2,1-4H3/b28-27+/t22-,24-,25-/m0/s1. The number of nitrogens with zero attached hydrogens (tertiary/aromatic N) is 2. The molecule has 3 atom stereocenters. The SMILES string of the molecule is CC/C(=N\N1CCC[C@H]1COC)[C@@H](C)C[C@@H](Cc1ccccc1)NS(=O)(=O)c1ccc(C)cc1. The van der Waals surface area contributed by atoms with E-state index in [1.807, 2.05) is 49.4 Å². The van der Waals surface area contributed by atoms with E-state index in [0.717, 1.165) is 42.6 Å². The van der Waals surface area contributed by atoms with E-state index in [-0.39, 0.29) is 12.0 Å². The molecule has 2 aromatic rings. The normalized spacial score (nSPS) is 18.8. The van der Waals surface area contributed by atoms with Crippen molar-refractivity contribution in [2.45, 2.75) is 69.9 Å². The molecule has 3 rings (SSSR count). The number of hydrogen-bond acceptors (Lipinski definition) is 5.